The molecule has 2 aliphatic heterocycles. The first-order valence-electron chi connectivity index (χ1n) is 13.8. The normalized spacial score (nSPS) is 20.3. The molecule has 4 rings (SSSR count). The van der Waals surface area contributed by atoms with Crippen molar-refractivity contribution < 1.29 is 54.6 Å². The lowest BCUT2D eigenvalue weighted by Gasteiger charge is -2.40. The fraction of sp³-hybridized carbons (Fsp3) is 0.467. The van der Waals surface area contributed by atoms with Gasteiger partial charge in [0.05, 0.1) is 11.1 Å². The first-order valence-corrected chi connectivity index (χ1v) is 13.8. The molecule has 1 unspecified atom stereocenters. The Labute approximate surface area is 253 Å². The first-order chi connectivity index (χ1) is 20.7. The van der Waals surface area contributed by atoms with Crippen molar-refractivity contribution in [1.82, 2.24) is 14.7 Å². The average Bonchev–Trinajstić information content (AvgIpc) is 3.12. The Morgan fingerprint density at radius 2 is 1.60 bits per heavy atom. The van der Waals surface area contributed by atoms with Crippen LogP contribution in [0.5, 0.6) is 0 Å². The highest BCUT2D eigenvalue weighted by Crippen LogP contribution is 2.38. The number of rotatable bonds is 6. The van der Waals surface area contributed by atoms with Gasteiger partial charge in [-0.3, -0.25) is 14.4 Å². The van der Waals surface area contributed by atoms with Crippen molar-refractivity contribution in [3.63, 3.8) is 0 Å². The highest BCUT2D eigenvalue weighted by molar-refractivity contribution is 6.04. The number of hydrogen-bond donors (Lipinski definition) is 0. The predicted molar refractivity (Wildman–Crippen MR) is 144 cm³/mol. The van der Waals surface area contributed by atoms with Crippen molar-refractivity contribution in [2.75, 3.05) is 26.7 Å². The van der Waals surface area contributed by atoms with E-state index in [-0.39, 0.29) is 31.1 Å². The lowest BCUT2D eigenvalue weighted by atomic mass is 9.78. The molecule has 2 aromatic carbocycles. The summed E-state index contributed by atoms with van der Waals surface area (Å²) in [4.78, 5) is 54.7. The van der Waals surface area contributed by atoms with E-state index in [1.807, 2.05) is 0 Å². The number of alkyl halides is 6. The molecule has 8 nitrogen and oxygen atoms in total. The monoisotopic (exact) mass is 645 g/mol. The maximum Gasteiger partial charge on any atom is 0.418 e. The zero-order valence-electron chi connectivity index (χ0n) is 24.7. The van der Waals surface area contributed by atoms with Gasteiger partial charge < -0.3 is 14.5 Å². The van der Waals surface area contributed by atoms with Gasteiger partial charge in [-0.15, -0.1) is 0 Å². The number of imide groups is 1. The molecule has 2 aromatic rings. The summed E-state index contributed by atoms with van der Waals surface area (Å²) in [5.74, 6) is -4.15. The first kappa shape index (κ1) is 33.7. The van der Waals surface area contributed by atoms with Gasteiger partial charge in [-0.25, -0.2) is 14.1 Å². The number of hydrogen-bond acceptors (Lipinski definition) is 5. The molecule has 45 heavy (non-hydrogen) atoms. The van der Waals surface area contributed by atoms with Gasteiger partial charge in [0.15, 0.2) is 5.60 Å². The van der Waals surface area contributed by atoms with E-state index in [2.05, 4.69) is 0 Å². The van der Waals surface area contributed by atoms with E-state index < -0.39 is 83.6 Å². The fourth-order valence-electron chi connectivity index (χ4n) is 5.69. The van der Waals surface area contributed by atoms with Gasteiger partial charge in [-0.1, -0.05) is 6.07 Å². The number of amides is 4. The molecule has 2 atom stereocenters. The summed E-state index contributed by atoms with van der Waals surface area (Å²) in [6.45, 7) is 3.04. The number of cyclic esters (lactones) is 1. The Bertz CT molecular complexity index is 1490. The van der Waals surface area contributed by atoms with Crippen molar-refractivity contribution >= 4 is 23.8 Å². The number of halogens is 7. The van der Waals surface area contributed by atoms with Gasteiger partial charge in [0.25, 0.3) is 5.91 Å². The lowest BCUT2D eigenvalue weighted by Crippen LogP contribution is -2.51. The number of benzene rings is 2. The summed E-state index contributed by atoms with van der Waals surface area (Å²) in [7, 11) is 1.24. The average molecular weight is 646 g/mol. The van der Waals surface area contributed by atoms with Crippen LogP contribution in [-0.2, 0) is 38.0 Å². The molecule has 0 bridgehead atoms. The van der Waals surface area contributed by atoms with E-state index >= 15 is 0 Å². The Morgan fingerprint density at radius 1 is 1.00 bits per heavy atom. The third-order valence-electron chi connectivity index (χ3n) is 7.97. The SMILES string of the molecule is Cc1cc(F)ccc1C1CN(C(=O)CN2C(=O)OC(C)(C)C2=O)CC[C@@H]1C(=O)N(C)Cc1cc(C(F)(F)F)cc(C(F)(F)F)c1. The summed E-state index contributed by atoms with van der Waals surface area (Å²) < 4.78 is 99.3. The van der Waals surface area contributed by atoms with Gasteiger partial charge in [0, 0.05) is 38.5 Å². The summed E-state index contributed by atoms with van der Waals surface area (Å²) in [5, 5.41) is 0. The van der Waals surface area contributed by atoms with Crippen molar-refractivity contribution in [3.05, 3.63) is 70.0 Å². The number of aryl methyl sites for hydroxylation is 1. The standard InChI is InChI=1S/C30H30F7N3O5/c1-16-9-20(31)5-6-21(16)23-14-39(24(41)15-40-26(43)28(2,3)45-27(40)44)8-7-22(23)25(42)38(4)13-17-10-18(29(32,33)34)12-19(11-17)30(35,36)37/h5-6,9-12,22-23H,7-8,13-15H2,1-4H3/t22-,23?/m0/s1. The topological polar surface area (TPSA) is 87.2 Å². The van der Waals surface area contributed by atoms with Crippen molar-refractivity contribution in [3.8, 4) is 0 Å². The van der Waals surface area contributed by atoms with E-state index in [1.165, 1.54) is 37.9 Å². The van der Waals surface area contributed by atoms with E-state index in [0.717, 1.165) is 11.0 Å². The smallest absolute Gasteiger partial charge is 0.418 e. The Kier molecular flexibility index (Phi) is 8.97. The quantitative estimate of drug-likeness (QED) is 0.387. The molecule has 0 radical (unpaired) electrons. The second-order valence-electron chi connectivity index (χ2n) is 11.7. The van der Waals surface area contributed by atoms with Crippen LogP contribution in [0.4, 0.5) is 35.5 Å². The van der Waals surface area contributed by atoms with Crippen LogP contribution >= 0.6 is 0 Å². The molecule has 0 aliphatic carbocycles. The molecular weight excluding hydrogens is 615 g/mol. The number of likely N-dealkylation sites (tertiary alicyclic amines) is 1. The van der Waals surface area contributed by atoms with Gasteiger partial charge in [-0.2, -0.15) is 26.3 Å². The molecule has 2 fully saturated rings. The van der Waals surface area contributed by atoms with Gasteiger partial charge in [-0.05, 0) is 74.2 Å². The zero-order valence-corrected chi connectivity index (χ0v) is 24.7. The molecule has 0 N–H and O–H groups in total. The van der Waals surface area contributed by atoms with Gasteiger partial charge in [0.1, 0.15) is 12.4 Å². The third kappa shape index (κ3) is 7.22. The number of ether oxygens (including phenoxy) is 1. The fourth-order valence-corrected chi connectivity index (χ4v) is 5.69. The Morgan fingerprint density at radius 3 is 2.11 bits per heavy atom. The Hall–Kier alpha value is -4.17. The maximum atomic E-state index is 14.0. The predicted octanol–water partition coefficient (Wildman–Crippen LogP) is 5.52. The number of carbonyl (C=O) groups excluding carboxylic acids is 4. The van der Waals surface area contributed by atoms with Crippen LogP contribution in [0.3, 0.4) is 0 Å². The van der Waals surface area contributed by atoms with Gasteiger partial charge >= 0.3 is 18.4 Å². The summed E-state index contributed by atoms with van der Waals surface area (Å²) in [5.41, 5.74) is -3.91. The van der Waals surface area contributed by atoms with Crippen LogP contribution in [0.2, 0.25) is 0 Å². The van der Waals surface area contributed by atoms with Crippen molar-refractivity contribution in [1.29, 1.82) is 0 Å². The van der Waals surface area contributed by atoms with Crippen molar-refractivity contribution in [2.24, 2.45) is 5.92 Å². The molecule has 2 saturated heterocycles. The minimum Gasteiger partial charge on any atom is -0.433 e. The lowest BCUT2D eigenvalue weighted by molar-refractivity contribution is -0.143. The third-order valence-corrected chi connectivity index (χ3v) is 7.97. The minimum atomic E-state index is -5.06. The van der Waals surface area contributed by atoms with Crippen LogP contribution in [0.15, 0.2) is 36.4 Å². The Balaban J connectivity index is 1.59. The largest absolute Gasteiger partial charge is 0.433 e. The van der Waals surface area contributed by atoms with E-state index in [4.69, 9.17) is 4.74 Å². The molecule has 2 heterocycles. The summed E-state index contributed by atoms with van der Waals surface area (Å²) in [6, 6.07) is 4.93. The maximum absolute atomic E-state index is 14.0. The van der Waals surface area contributed by atoms with E-state index in [0.29, 0.717) is 28.2 Å². The van der Waals surface area contributed by atoms with Crippen LogP contribution in [0.1, 0.15) is 54.0 Å². The highest BCUT2D eigenvalue weighted by Gasteiger charge is 2.48. The second-order valence-corrected chi connectivity index (χ2v) is 11.7. The highest BCUT2D eigenvalue weighted by atomic mass is 19.4. The second kappa shape index (κ2) is 12.0. The summed E-state index contributed by atoms with van der Waals surface area (Å²) in [6.07, 6.45) is -11.1. The molecule has 0 saturated carbocycles. The van der Waals surface area contributed by atoms with Crippen molar-refractivity contribution in [2.45, 2.75) is 57.6 Å². The molecule has 0 spiro atoms. The van der Waals surface area contributed by atoms with E-state index in [9.17, 15) is 49.9 Å². The molecule has 0 aromatic heterocycles. The molecule has 244 valence electrons. The van der Waals surface area contributed by atoms with Crippen LogP contribution < -0.4 is 0 Å². The minimum absolute atomic E-state index is 0.00177. The van der Waals surface area contributed by atoms with Crippen LogP contribution in [-0.4, -0.2) is 70.8 Å². The van der Waals surface area contributed by atoms with E-state index in [1.54, 1.807) is 6.92 Å². The number of piperidine rings is 1. The van der Waals surface area contributed by atoms with Gasteiger partial charge in [0.2, 0.25) is 11.8 Å². The summed E-state index contributed by atoms with van der Waals surface area (Å²) >= 11 is 0. The molecule has 2 aliphatic rings. The molecule has 15 heteroatoms. The molecule has 4 amide bonds. The number of carbonyl (C=O) groups is 4. The zero-order chi connectivity index (χ0) is 33.6. The number of nitrogens with zero attached hydrogens (tertiary/aromatic N) is 3. The van der Waals surface area contributed by atoms with Crippen LogP contribution in [0, 0.1) is 18.7 Å². The van der Waals surface area contributed by atoms with Crippen LogP contribution in [0.25, 0.3) is 0 Å². The molecular formula is C30H30F7N3O5.